The first-order valence-corrected chi connectivity index (χ1v) is 9.18. The first-order valence-electron chi connectivity index (χ1n) is 8.06. The Morgan fingerprint density at radius 3 is 2.39 bits per heavy atom. The molecule has 1 atom stereocenters. The molecule has 126 valence electrons. The van der Waals surface area contributed by atoms with E-state index in [0.29, 0.717) is 24.5 Å². The summed E-state index contributed by atoms with van der Waals surface area (Å²) in [4.78, 5) is 18.2. The highest BCUT2D eigenvalue weighted by molar-refractivity contribution is 9.09. The number of hydrogen-bond acceptors (Lipinski definition) is 2. The maximum absolute atomic E-state index is 13.5. The highest BCUT2D eigenvalue weighted by Gasteiger charge is 2.37. The molecular formula is C17H20BrF2NO2. The van der Waals surface area contributed by atoms with Crippen LogP contribution in [0.5, 0.6) is 0 Å². The van der Waals surface area contributed by atoms with Crippen molar-refractivity contribution in [1.82, 2.24) is 5.06 Å². The molecule has 3 rings (SSSR count). The predicted octanol–water partition coefficient (Wildman–Crippen LogP) is 4.37. The normalized spacial score (nSPS) is 28.1. The second-order valence-electron chi connectivity index (χ2n) is 6.38. The maximum atomic E-state index is 13.5. The summed E-state index contributed by atoms with van der Waals surface area (Å²) in [6.07, 6.45) is 4.30. The average molecular weight is 388 g/mol. The standard InChI is InChI=1S/C17H20BrF2NO2/c18-10-11-1-3-12(4-2-11)17(22)21-16(5-6-23-21)13-7-14(19)9-15(20)8-13/h7-9,11-12,16H,1-6,10H2/t11?,12?,16-/m0/s1. The molecule has 1 aromatic rings. The molecule has 2 aliphatic rings. The van der Waals surface area contributed by atoms with Crippen LogP contribution in [0.2, 0.25) is 0 Å². The molecule has 0 aromatic heterocycles. The van der Waals surface area contributed by atoms with Crippen LogP contribution < -0.4 is 0 Å². The van der Waals surface area contributed by atoms with Crippen molar-refractivity contribution in [1.29, 1.82) is 0 Å². The molecule has 6 heteroatoms. The van der Waals surface area contributed by atoms with E-state index in [-0.39, 0.29) is 11.8 Å². The van der Waals surface area contributed by atoms with Gasteiger partial charge in [0.05, 0.1) is 12.6 Å². The third-order valence-electron chi connectivity index (χ3n) is 4.81. The molecule has 0 N–H and O–H groups in total. The lowest BCUT2D eigenvalue weighted by Gasteiger charge is -2.31. The van der Waals surface area contributed by atoms with Crippen LogP contribution in [-0.2, 0) is 9.63 Å². The minimum absolute atomic E-state index is 0.0507. The quantitative estimate of drug-likeness (QED) is 0.720. The van der Waals surface area contributed by atoms with E-state index in [9.17, 15) is 13.6 Å². The van der Waals surface area contributed by atoms with Crippen molar-refractivity contribution < 1.29 is 18.4 Å². The summed E-state index contributed by atoms with van der Waals surface area (Å²) in [7, 11) is 0. The van der Waals surface area contributed by atoms with Gasteiger partial charge in [0.2, 0.25) is 5.91 Å². The van der Waals surface area contributed by atoms with Gasteiger partial charge in [-0.2, -0.15) is 0 Å². The molecule has 23 heavy (non-hydrogen) atoms. The fraction of sp³-hybridized carbons (Fsp3) is 0.588. The number of hydrogen-bond donors (Lipinski definition) is 0. The molecule has 1 aliphatic heterocycles. The van der Waals surface area contributed by atoms with Crippen molar-refractivity contribution in [3.63, 3.8) is 0 Å². The number of rotatable bonds is 3. The monoisotopic (exact) mass is 387 g/mol. The van der Waals surface area contributed by atoms with Crippen LogP contribution >= 0.6 is 15.9 Å². The van der Waals surface area contributed by atoms with Crippen molar-refractivity contribution >= 4 is 21.8 Å². The summed E-state index contributed by atoms with van der Waals surface area (Å²) in [5.41, 5.74) is 0.461. The lowest BCUT2D eigenvalue weighted by atomic mass is 9.82. The zero-order chi connectivity index (χ0) is 16.4. The molecular weight excluding hydrogens is 368 g/mol. The van der Waals surface area contributed by atoms with Crippen molar-refractivity contribution in [3.8, 4) is 0 Å². The molecule has 2 fully saturated rings. The van der Waals surface area contributed by atoms with E-state index >= 15 is 0 Å². The summed E-state index contributed by atoms with van der Waals surface area (Å²) in [6, 6.07) is 3.00. The van der Waals surface area contributed by atoms with Gasteiger partial charge in [0, 0.05) is 23.7 Å². The molecule has 1 aliphatic carbocycles. The molecule has 1 heterocycles. The number of alkyl halides is 1. The second kappa shape index (κ2) is 7.26. The molecule has 1 aromatic carbocycles. The van der Waals surface area contributed by atoms with Gasteiger partial charge in [-0.15, -0.1) is 0 Å². The van der Waals surface area contributed by atoms with Crippen LogP contribution in [0.3, 0.4) is 0 Å². The number of benzene rings is 1. The van der Waals surface area contributed by atoms with Gasteiger partial charge in [0.25, 0.3) is 0 Å². The Hall–Kier alpha value is -1.01. The van der Waals surface area contributed by atoms with E-state index in [1.165, 1.54) is 17.2 Å². The van der Waals surface area contributed by atoms with E-state index in [1.807, 2.05) is 0 Å². The van der Waals surface area contributed by atoms with Gasteiger partial charge in [-0.05, 0) is 49.3 Å². The van der Waals surface area contributed by atoms with Crippen LogP contribution in [0.25, 0.3) is 0 Å². The van der Waals surface area contributed by atoms with Crippen molar-refractivity contribution in [2.45, 2.75) is 38.1 Å². The summed E-state index contributed by atoms with van der Waals surface area (Å²) in [6.45, 7) is 0.394. The lowest BCUT2D eigenvalue weighted by molar-refractivity contribution is -0.183. The first kappa shape index (κ1) is 16.8. The van der Waals surface area contributed by atoms with Gasteiger partial charge in [-0.3, -0.25) is 9.63 Å². The molecule has 1 saturated heterocycles. The zero-order valence-corrected chi connectivity index (χ0v) is 14.4. The van der Waals surface area contributed by atoms with Crippen LogP contribution in [0.4, 0.5) is 8.78 Å². The largest absolute Gasteiger partial charge is 0.272 e. The highest BCUT2D eigenvalue weighted by atomic mass is 79.9. The zero-order valence-electron chi connectivity index (χ0n) is 12.8. The van der Waals surface area contributed by atoms with Crippen LogP contribution in [0.1, 0.15) is 43.7 Å². The fourth-order valence-corrected chi connectivity index (χ4v) is 4.15. The number of amides is 1. The molecule has 0 bridgehead atoms. The Kier molecular flexibility index (Phi) is 5.31. The molecule has 0 radical (unpaired) electrons. The Balaban J connectivity index is 1.72. The Bertz CT molecular complexity index is 555. The fourth-order valence-electron chi connectivity index (χ4n) is 3.50. The molecule has 0 spiro atoms. The van der Waals surface area contributed by atoms with E-state index in [0.717, 1.165) is 37.1 Å². The van der Waals surface area contributed by atoms with Crippen molar-refractivity contribution in [2.24, 2.45) is 11.8 Å². The summed E-state index contributed by atoms with van der Waals surface area (Å²) in [5.74, 6) is -0.726. The predicted molar refractivity (Wildman–Crippen MR) is 85.8 cm³/mol. The van der Waals surface area contributed by atoms with Crippen LogP contribution in [0, 0.1) is 23.5 Å². The van der Waals surface area contributed by atoms with Gasteiger partial charge in [0.1, 0.15) is 11.6 Å². The minimum atomic E-state index is -0.628. The number of hydroxylamine groups is 2. The number of carbonyl (C=O) groups excluding carboxylic acids is 1. The number of carbonyl (C=O) groups is 1. The van der Waals surface area contributed by atoms with E-state index in [4.69, 9.17) is 4.84 Å². The summed E-state index contributed by atoms with van der Waals surface area (Å²) >= 11 is 3.50. The Morgan fingerprint density at radius 1 is 1.13 bits per heavy atom. The average Bonchev–Trinajstić information content (AvgIpc) is 3.03. The van der Waals surface area contributed by atoms with Crippen LogP contribution in [0.15, 0.2) is 18.2 Å². The smallest absolute Gasteiger partial charge is 0.249 e. The molecule has 1 saturated carbocycles. The summed E-state index contributed by atoms with van der Waals surface area (Å²) in [5, 5.41) is 2.33. The Labute approximate surface area is 143 Å². The van der Waals surface area contributed by atoms with Gasteiger partial charge in [0.15, 0.2) is 0 Å². The van der Waals surface area contributed by atoms with E-state index in [1.54, 1.807) is 0 Å². The SMILES string of the molecule is O=C(C1CCC(CBr)CC1)N1OCC[C@H]1c1cc(F)cc(F)c1. The molecule has 1 amide bonds. The third kappa shape index (κ3) is 3.74. The molecule has 3 nitrogen and oxygen atoms in total. The topological polar surface area (TPSA) is 29.5 Å². The Morgan fingerprint density at radius 2 is 1.78 bits per heavy atom. The van der Waals surface area contributed by atoms with Gasteiger partial charge >= 0.3 is 0 Å². The van der Waals surface area contributed by atoms with E-state index in [2.05, 4.69) is 15.9 Å². The van der Waals surface area contributed by atoms with Gasteiger partial charge < -0.3 is 0 Å². The van der Waals surface area contributed by atoms with Crippen molar-refractivity contribution in [2.75, 3.05) is 11.9 Å². The maximum Gasteiger partial charge on any atom is 0.249 e. The number of nitrogens with zero attached hydrogens (tertiary/aromatic N) is 1. The van der Waals surface area contributed by atoms with Gasteiger partial charge in [-0.1, -0.05) is 15.9 Å². The van der Waals surface area contributed by atoms with E-state index < -0.39 is 17.7 Å². The number of halogens is 3. The summed E-state index contributed by atoms with van der Waals surface area (Å²) < 4.78 is 26.9. The second-order valence-corrected chi connectivity index (χ2v) is 7.02. The third-order valence-corrected chi connectivity index (χ3v) is 5.72. The lowest BCUT2D eigenvalue weighted by Crippen LogP contribution is -2.36. The highest BCUT2D eigenvalue weighted by Crippen LogP contribution is 2.36. The first-order chi connectivity index (χ1) is 11.1. The van der Waals surface area contributed by atoms with Gasteiger partial charge in [-0.25, -0.2) is 13.8 Å². The molecule has 0 unspecified atom stereocenters. The minimum Gasteiger partial charge on any atom is -0.272 e. The van der Waals surface area contributed by atoms with Crippen molar-refractivity contribution in [3.05, 3.63) is 35.4 Å². The van der Waals surface area contributed by atoms with Crippen LogP contribution in [-0.4, -0.2) is 22.9 Å².